The van der Waals surface area contributed by atoms with Crippen molar-refractivity contribution in [1.82, 2.24) is 10.2 Å². The molecule has 0 aliphatic heterocycles. The molecule has 8 heteroatoms. The highest BCUT2D eigenvalue weighted by Gasteiger charge is 2.36. The zero-order chi connectivity index (χ0) is 12.2. The number of alkyl halides is 4. The van der Waals surface area contributed by atoms with E-state index in [-0.39, 0.29) is 5.13 Å². The summed E-state index contributed by atoms with van der Waals surface area (Å²) in [6.45, 7) is 3.04. The van der Waals surface area contributed by atoms with Crippen LogP contribution < -0.4 is 4.90 Å². The van der Waals surface area contributed by atoms with Gasteiger partial charge in [0.1, 0.15) is 0 Å². The number of hydrogen-bond donors (Lipinski definition) is 0. The zero-order valence-corrected chi connectivity index (χ0v) is 10.2. The van der Waals surface area contributed by atoms with E-state index in [1.807, 2.05) is 6.92 Å². The van der Waals surface area contributed by atoms with Gasteiger partial charge in [0, 0.05) is 19.0 Å². The first-order chi connectivity index (χ1) is 7.49. The fraction of sp³-hybridized carbons (Fsp3) is 0.750. The minimum Gasteiger partial charge on any atom is -0.345 e. The quantitative estimate of drug-likeness (QED) is 0.772. The Hall–Kier alpha value is -0.560. The van der Waals surface area contributed by atoms with E-state index in [1.54, 1.807) is 4.90 Å². The molecule has 1 rings (SSSR count). The Labute approximate surface area is 100 Å². The second-order valence-electron chi connectivity index (χ2n) is 3.06. The molecule has 0 atom stereocenters. The lowest BCUT2D eigenvalue weighted by atomic mass is 10.4. The van der Waals surface area contributed by atoms with Crippen molar-refractivity contribution in [2.75, 3.05) is 23.9 Å². The topological polar surface area (TPSA) is 29.0 Å². The van der Waals surface area contributed by atoms with Crippen molar-refractivity contribution in [3.63, 3.8) is 0 Å². The van der Waals surface area contributed by atoms with E-state index in [1.165, 1.54) is 0 Å². The van der Waals surface area contributed by atoms with Gasteiger partial charge in [-0.1, -0.05) is 18.3 Å². The maximum absolute atomic E-state index is 12.3. The minimum atomic E-state index is -4.42. The molecule has 0 radical (unpaired) electrons. The van der Waals surface area contributed by atoms with Crippen LogP contribution in [0.3, 0.4) is 0 Å². The summed E-state index contributed by atoms with van der Waals surface area (Å²) in [6, 6.07) is 0. The fourth-order valence-corrected chi connectivity index (χ4v) is 2.10. The highest BCUT2D eigenvalue weighted by Crippen LogP contribution is 2.34. The van der Waals surface area contributed by atoms with Gasteiger partial charge < -0.3 is 4.90 Å². The molecule has 0 unspecified atom stereocenters. The smallest absolute Gasteiger partial charge is 0.345 e. The molecular weight excluding hydrogens is 263 g/mol. The van der Waals surface area contributed by atoms with Gasteiger partial charge >= 0.3 is 6.18 Å². The van der Waals surface area contributed by atoms with Crippen LogP contribution in [0.1, 0.15) is 18.4 Å². The predicted octanol–water partition coefficient (Wildman–Crippen LogP) is 3.01. The summed E-state index contributed by atoms with van der Waals surface area (Å²) in [6.07, 6.45) is -3.60. The highest BCUT2D eigenvalue weighted by atomic mass is 35.5. The average molecular weight is 274 g/mol. The molecule has 3 nitrogen and oxygen atoms in total. The van der Waals surface area contributed by atoms with Gasteiger partial charge in [-0.3, -0.25) is 0 Å². The summed E-state index contributed by atoms with van der Waals surface area (Å²) < 4.78 is 36.9. The first-order valence-electron chi connectivity index (χ1n) is 4.70. The molecule has 1 heterocycles. The molecule has 0 amide bonds. The van der Waals surface area contributed by atoms with Crippen molar-refractivity contribution >= 4 is 28.1 Å². The molecule has 0 bridgehead atoms. The molecule has 0 saturated carbocycles. The largest absolute Gasteiger partial charge is 0.445 e. The Balaban J connectivity index is 2.81. The van der Waals surface area contributed by atoms with Crippen LogP contribution in [-0.4, -0.2) is 29.2 Å². The molecule has 92 valence electrons. The molecule has 16 heavy (non-hydrogen) atoms. The summed E-state index contributed by atoms with van der Waals surface area (Å²) in [4.78, 5) is 1.71. The Morgan fingerprint density at radius 1 is 1.31 bits per heavy atom. The monoisotopic (exact) mass is 273 g/mol. The van der Waals surface area contributed by atoms with Crippen molar-refractivity contribution in [2.24, 2.45) is 0 Å². The third-order valence-electron chi connectivity index (χ3n) is 1.78. The second kappa shape index (κ2) is 5.67. The van der Waals surface area contributed by atoms with Gasteiger partial charge in [-0.2, -0.15) is 13.2 Å². The van der Waals surface area contributed by atoms with Gasteiger partial charge in [0.25, 0.3) is 0 Å². The number of hydrogen-bond acceptors (Lipinski definition) is 4. The van der Waals surface area contributed by atoms with Crippen molar-refractivity contribution in [1.29, 1.82) is 0 Å². The molecule has 1 aromatic rings. The van der Waals surface area contributed by atoms with E-state index in [2.05, 4.69) is 10.2 Å². The molecular formula is C8H11ClF3N3S. The Morgan fingerprint density at radius 3 is 2.44 bits per heavy atom. The lowest BCUT2D eigenvalue weighted by molar-refractivity contribution is -0.138. The minimum absolute atomic E-state index is 0.273. The molecule has 0 aliphatic rings. The Kier molecular flexibility index (Phi) is 4.79. The van der Waals surface area contributed by atoms with Crippen molar-refractivity contribution in [2.45, 2.75) is 19.5 Å². The van der Waals surface area contributed by atoms with Crippen molar-refractivity contribution in [3.8, 4) is 0 Å². The standard InChI is InChI=1S/C8H11ClF3N3S/c1-2-4-15(5-3-9)7-14-13-6(16-7)8(10,11)12/h2-5H2,1H3. The summed E-state index contributed by atoms with van der Waals surface area (Å²) in [5.41, 5.74) is 0. The van der Waals surface area contributed by atoms with E-state index in [9.17, 15) is 13.2 Å². The first kappa shape index (κ1) is 13.5. The molecule has 0 N–H and O–H groups in total. The number of halogens is 4. The summed E-state index contributed by atoms with van der Waals surface area (Å²) >= 11 is 6.12. The third-order valence-corrected chi connectivity index (χ3v) is 2.97. The van der Waals surface area contributed by atoms with Crippen LogP contribution in [0.4, 0.5) is 18.3 Å². The normalized spacial score (nSPS) is 11.8. The van der Waals surface area contributed by atoms with Crippen LogP contribution in [0.2, 0.25) is 0 Å². The lowest BCUT2D eigenvalue weighted by Crippen LogP contribution is -2.26. The van der Waals surface area contributed by atoms with Crippen LogP contribution in [0, 0.1) is 0 Å². The number of rotatable bonds is 5. The molecule has 0 spiro atoms. The van der Waals surface area contributed by atoms with Crippen LogP contribution in [0.5, 0.6) is 0 Å². The Morgan fingerprint density at radius 2 is 2.00 bits per heavy atom. The van der Waals surface area contributed by atoms with E-state index in [0.29, 0.717) is 30.3 Å². The Bertz CT molecular complexity index is 323. The van der Waals surface area contributed by atoms with E-state index >= 15 is 0 Å². The van der Waals surface area contributed by atoms with E-state index in [0.717, 1.165) is 6.42 Å². The molecule has 1 aromatic heterocycles. The first-order valence-corrected chi connectivity index (χ1v) is 6.05. The zero-order valence-electron chi connectivity index (χ0n) is 8.59. The number of nitrogens with zero attached hydrogens (tertiary/aromatic N) is 3. The number of aromatic nitrogens is 2. The van der Waals surface area contributed by atoms with Crippen LogP contribution >= 0.6 is 22.9 Å². The summed E-state index contributed by atoms with van der Waals surface area (Å²) in [5, 5.41) is 6.02. The molecule has 0 aromatic carbocycles. The van der Waals surface area contributed by atoms with Crippen LogP contribution in [0.25, 0.3) is 0 Å². The van der Waals surface area contributed by atoms with Gasteiger partial charge in [-0.05, 0) is 6.42 Å². The summed E-state index contributed by atoms with van der Waals surface area (Å²) in [7, 11) is 0. The van der Waals surface area contributed by atoms with Crippen LogP contribution in [-0.2, 0) is 6.18 Å². The number of anilines is 1. The van der Waals surface area contributed by atoms with Gasteiger partial charge in [-0.15, -0.1) is 21.8 Å². The van der Waals surface area contributed by atoms with Crippen molar-refractivity contribution < 1.29 is 13.2 Å². The van der Waals surface area contributed by atoms with E-state index < -0.39 is 11.2 Å². The average Bonchev–Trinajstić information content (AvgIpc) is 2.65. The van der Waals surface area contributed by atoms with Gasteiger partial charge in [0.2, 0.25) is 10.1 Å². The molecule has 0 aliphatic carbocycles. The maximum Gasteiger partial charge on any atom is 0.445 e. The SMILES string of the molecule is CCCN(CCCl)c1nnc(C(F)(F)F)s1. The fourth-order valence-electron chi connectivity index (χ4n) is 1.13. The molecule has 0 saturated heterocycles. The molecule has 0 fully saturated rings. The third kappa shape index (κ3) is 3.48. The van der Waals surface area contributed by atoms with Crippen LogP contribution in [0.15, 0.2) is 0 Å². The van der Waals surface area contributed by atoms with Crippen molar-refractivity contribution in [3.05, 3.63) is 5.01 Å². The van der Waals surface area contributed by atoms with Gasteiger partial charge in [0.05, 0.1) is 0 Å². The highest BCUT2D eigenvalue weighted by molar-refractivity contribution is 7.15. The maximum atomic E-state index is 12.3. The van der Waals surface area contributed by atoms with E-state index in [4.69, 9.17) is 11.6 Å². The lowest BCUT2D eigenvalue weighted by Gasteiger charge is -2.18. The second-order valence-corrected chi connectivity index (χ2v) is 4.40. The van der Waals surface area contributed by atoms with Gasteiger partial charge in [-0.25, -0.2) is 0 Å². The summed E-state index contributed by atoms with van der Waals surface area (Å²) in [5.74, 6) is 0.348. The predicted molar refractivity (Wildman–Crippen MR) is 58.1 cm³/mol. The van der Waals surface area contributed by atoms with Gasteiger partial charge in [0.15, 0.2) is 0 Å².